The molecule has 0 saturated carbocycles. The number of amides is 1. The molecule has 0 fully saturated rings. The fourth-order valence-electron chi connectivity index (χ4n) is 3.92. The third kappa shape index (κ3) is 4.73. The molecular weight excluding hydrogens is 424 g/mol. The van der Waals surface area contributed by atoms with E-state index in [1.165, 1.54) is 4.88 Å². The van der Waals surface area contributed by atoms with Crippen LogP contribution in [0.15, 0.2) is 35.7 Å². The molecule has 168 valence electrons. The summed E-state index contributed by atoms with van der Waals surface area (Å²) < 4.78 is 7.36. The van der Waals surface area contributed by atoms with Gasteiger partial charge in [-0.3, -0.25) is 9.89 Å². The van der Waals surface area contributed by atoms with E-state index in [1.54, 1.807) is 18.4 Å². The van der Waals surface area contributed by atoms with Gasteiger partial charge in [0.05, 0.1) is 17.6 Å². The zero-order valence-corrected chi connectivity index (χ0v) is 19.4. The molecule has 2 N–H and O–H groups in total. The average Bonchev–Trinajstić information content (AvgIpc) is 3.54. The van der Waals surface area contributed by atoms with Crippen molar-refractivity contribution in [3.63, 3.8) is 0 Å². The number of benzene rings is 1. The molecule has 0 bridgehead atoms. The maximum atomic E-state index is 12.8. The Morgan fingerprint density at radius 1 is 1.25 bits per heavy atom. The summed E-state index contributed by atoms with van der Waals surface area (Å²) in [6, 6.07) is 10.3. The number of nitrogens with one attached hydrogen (secondary N) is 2. The fourth-order valence-corrected chi connectivity index (χ4v) is 4.62. The second-order valence-corrected chi connectivity index (χ2v) is 8.67. The summed E-state index contributed by atoms with van der Waals surface area (Å²) in [5.74, 6) is 2.01. The van der Waals surface area contributed by atoms with Crippen molar-refractivity contribution in [2.45, 2.75) is 52.3 Å². The Balaban J connectivity index is 1.57. The first-order chi connectivity index (χ1) is 15.6. The summed E-state index contributed by atoms with van der Waals surface area (Å²) in [6.07, 6.45) is 2.85. The van der Waals surface area contributed by atoms with Crippen molar-refractivity contribution in [2.24, 2.45) is 0 Å². The van der Waals surface area contributed by atoms with E-state index in [1.807, 2.05) is 18.2 Å². The molecule has 3 heterocycles. The first-order valence-corrected chi connectivity index (χ1v) is 11.7. The molecule has 0 saturated heterocycles. The number of fused-ring (bicyclic) bond motifs is 1. The lowest BCUT2D eigenvalue weighted by atomic mass is 10.1. The van der Waals surface area contributed by atoms with Crippen molar-refractivity contribution in [3.8, 4) is 0 Å². The molecule has 3 aromatic heterocycles. The Morgan fingerprint density at radius 3 is 2.81 bits per heavy atom. The number of H-pyrrole nitrogens is 1. The number of methoxy groups -OCH3 is 1. The van der Waals surface area contributed by atoms with Crippen molar-refractivity contribution < 1.29 is 9.53 Å². The lowest BCUT2D eigenvalue weighted by Gasteiger charge is -2.18. The van der Waals surface area contributed by atoms with Gasteiger partial charge in [0.1, 0.15) is 18.3 Å². The summed E-state index contributed by atoms with van der Waals surface area (Å²) in [6.45, 7) is 5.00. The molecular formula is C23H28N6O2S. The van der Waals surface area contributed by atoms with Gasteiger partial charge in [-0.25, -0.2) is 9.97 Å². The van der Waals surface area contributed by atoms with Gasteiger partial charge in [0.15, 0.2) is 5.82 Å². The largest absolute Gasteiger partial charge is 0.377 e. The maximum Gasteiger partial charge on any atom is 0.251 e. The van der Waals surface area contributed by atoms with Crippen LogP contribution in [0.4, 0.5) is 0 Å². The number of imidazole rings is 1. The van der Waals surface area contributed by atoms with Crippen LogP contribution in [0, 0.1) is 0 Å². The number of nitrogens with zero attached hydrogens (tertiary/aromatic N) is 4. The van der Waals surface area contributed by atoms with Crippen molar-refractivity contribution >= 4 is 28.3 Å². The highest BCUT2D eigenvalue weighted by Gasteiger charge is 2.19. The van der Waals surface area contributed by atoms with Gasteiger partial charge >= 0.3 is 0 Å². The Labute approximate surface area is 191 Å². The third-order valence-electron chi connectivity index (χ3n) is 5.51. The van der Waals surface area contributed by atoms with E-state index in [9.17, 15) is 4.79 Å². The summed E-state index contributed by atoms with van der Waals surface area (Å²) in [5, 5.41) is 11.8. The molecule has 0 atom stereocenters. The highest BCUT2D eigenvalue weighted by Crippen LogP contribution is 2.28. The van der Waals surface area contributed by atoms with Crippen LogP contribution < -0.4 is 5.32 Å². The van der Waals surface area contributed by atoms with Crippen LogP contribution in [0.1, 0.15) is 65.4 Å². The summed E-state index contributed by atoms with van der Waals surface area (Å²) in [5.41, 5.74) is 2.49. The molecule has 0 spiro atoms. The summed E-state index contributed by atoms with van der Waals surface area (Å²) in [7, 11) is 1.59. The van der Waals surface area contributed by atoms with Gasteiger partial charge in [0.25, 0.3) is 5.91 Å². The molecule has 1 amide bonds. The zero-order chi connectivity index (χ0) is 22.5. The SMILES string of the molecule is CCC(CC)n1c(Cc2cccs2)nc2cc(C(=O)NCc3nc(COC)n[nH]3)ccc21. The molecule has 0 unspecified atom stereocenters. The number of hydrogen-bond donors (Lipinski definition) is 2. The minimum absolute atomic E-state index is 0.173. The van der Waals surface area contributed by atoms with E-state index in [2.05, 4.69) is 56.4 Å². The highest BCUT2D eigenvalue weighted by atomic mass is 32.1. The van der Waals surface area contributed by atoms with Crippen LogP contribution in [-0.2, 0) is 24.3 Å². The Hall–Kier alpha value is -3.04. The van der Waals surface area contributed by atoms with Crippen molar-refractivity contribution in [1.29, 1.82) is 0 Å². The Kier molecular flexibility index (Phi) is 6.96. The van der Waals surface area contributed by atoms with E-state index >= 15 is 0 Å². The zero-order valence-electron chi connectivity index (χ0n) is 18.6. The maximum absolute atomic E-state index is 12.8. The third-order valence-corrected chi connectivity index (χ3v) is 6.39. The molecule has 1 aromatic carbocycles. The van der Waals surface area contributed by atoms with Gasteiger partial charge in [-0.2, -0.15) is 5.10 Å². The minimum Gasteiger partial charge on any atom is -0.377 e. The molecule has 32 heavy (non-hydrogen) atoms. The van der Waals surface area contributed by atoms with Crippen molar-refractivity contribution in [3.05, 3.63) is 63.6 Å². The van der Waals surface area contributed by atoms with E-state index in [0.29, 0.717) is 29.9 Å². The standard InChI is InChI=1S/C23H28N6O2S/c1-4-16(5-2)29-19-9-8-15(11-18(19)25-22(29)12-17-7-6-10-32-17)23(30)24-13-20-26-21(14-31-3)28-27-20/h6-11,16H,4-5,12-14H2,1-3H3,(H,24,30)(H,26,27,28). The molecule has 8 nitrogen and oxygen atoms in total. The molecule has 0 aliphatic heterocycles. The molecule has 4 rings (SSSR count). The van der Waals surface area contributed by atoms with Gasteiger partial charge in [-0.05, 0) is 42.5 Å². The number of ether oxygens (including phenoxy) is 1. The lowest BCUT2D eigenvalue weighted by molar-refractivity contribution is 0.0950. The van der Waals surface area contributed by atoms with E-state index < -0.39 is 0 Å². The predicted molar refractivity (Wildman–Crippen MR) is 125 cm³/mol. The smallest absolute Gasteiger partial charge is 0.251 e. The quantitative estimate of drug-likeness (QED) is 0.375. The Morgan fingerprint density at radius 2 is 2.09 bits per heavy atom. The molecule has 4 aromatic rings. The van der Waals surface area contributed by atoms with Gasteiger partial charge in [-0.1, -0.05) is 19.9 Å². The second kappa shape index (κ2) is 10.1. The van der Waals surface area contributed by atoms with Crippen LogP contribution in [-0.4, -0.2) is 37.7 Å². The first-order valence-electron chi connectivity index (χ1n) is 10.8. The monoisotopic (exact) mass is 452 g/mol. The normalized spacial score (nSPS) is 11.5. The summed E-state index contributed by atoms with van der Waals surface area (Å²) in [4.78, 5) is 23.3. The number of carbonyl (C=O) groups is 1. The highest BCUT2D eigenvalue weighted by molar-refractivity contribution is 7.09. The molecule has 0 aliphatic rings. The topological polar surface area (TPSA) is 97.7 Å². The number of hydrogen-bond acceptors (Lipinski definition) is 6. The van der Waals surface area contributed by atoms with Crippen LogP contribution in [0.5, 0.6) is 0 Å². The number of carbonyl (C=O) groups excluding carboxylic acids is 1. The fraction of sp³-hybridized carbons (Fsp3) is 0.391. The van der Waals surface area contributed by atoms with Gasteiger partial charge in [-0.15, -0.1) is 11.3 Å². The van der Waals surface area contributed by atoms with Gasteiger partial charge < -0.3 is 14.6 Å². The Bertz CT molecular complexity index is 1180. The minimum atomic E-state index is -0.173. The molecule has 0 radical (unpaired) electrons. The van der Waals surface area contributed by atoms with Gasteiger partial charge in [0.2, 0.25) is 0 Å². The van der Waals surface area contributed by atoms with E-state index in [-0.39, 0.29) is 12.5 Å². The van der Waals surface area contributed by atoms with Gasteiger partial charge in [0, 0.05) is 30.0 Å². The summed E-state index contributed by atoms with van der Waals surface area (Å²) >= 11 is 1.74. The number of thiophene rings is 1. The lowest BCUT2D eigenvalue weighted by Crippen LogP contribution is -2.23. The van der Waals surface area contributed by atoms with Crippen LogP contribution in [0.25, 0.3) is 11.0 Å². The van der Waals surface area contributed by atoms with Crippen LogP contribution >= 0.6 is 11.3 Å². The molecule has 0 aliphatic carbocycles. The number of aromatic amines is 1. The number of rotatable bonds is 10. The van der Waals surface area contributed by atoms with Crippen molar-refractivity contribution in [1.82, 2.24) is 30.0 Å². The van der Waals surface area contributed by atoms with E-state index in [4.69, 9.17) is 9.72 Å². The second-order valence-electron chi connectivity index (χ2n) is 7.64. The van der Waals surface area contributed by atoms with Crippen LogP contribution in [0.2, 0.25) is 0 Å². The first kappa shape index (κ1) is 22.2. The average molecular weight is 453 g/mol. The predicted octanol–water partition coefficient (Wildman–Crippen LogP) is 4.24. The van der Waals surface area contributed by atoms with Crippen LogP contribution in [0.3, 0.4) is 0 Å². The van der Waals surface area contributed by atoms with E-state index in [0.717, 1.165) is 36.1 Å². The number of aromatic nitrogens is 5. The molecule has 9 heteroatoms. The van der Waals surface area contributed by atoms with Crippen molar-refractivity contribution in [2.75, 3.05) is 7.11 Å².